The molecule has 0 N–H and O–H groups in total. The Bertz CT molecular complexity index is 367. The maximum atomic E-state index is 5.71. The van der Waals surface area contributed by atoms with E-state index in [1.807, 2.05) is 0 Å². The van der Waals surface area contributed by atoms with Crippen LogP contribution in [0.25, 0.3) is 5.57 Å². The molecule has 1 nitrogen and oxygen atoms in total. The Hall–Kier alpha value is -1.08. The summed E-state index contributed by atoms with van der Waals surface area (Å²) in [7, 11) is 0. The van der Waals surface area contributed by atoms with Crippen LogP contribution < -0.4 is 0 Å². The molecule has 1 heterocycles. The lowest BCUT2D eigenvalue weighted by molar-refractivity contribution is 0.105. The fraction of sp³-hybridized carbons (Fsp3) is 0.333. The van der Waals surface area contributed by atoms with Crippen molar-refractivity contribution in [2.24, 2.45) is 5.92 Å². The third kappa shape index (κ3) is 0.853. The van der Waals surface area contributed by atoms with Crippen LogP contribution in [-0.2, 0) is 4.74 Å². The summed E-state index contributed by atoms with van der Waals surface area (Å²) in [5.41, 5.74) is 3.94. The average molecular weight is 172 g/mol. The van der Waals surface area contributed by atoms with E-state index in [-0.39, 0.29) is 0 Å². The third-order valence-corrected chi connectivity index (χ3v) is 3.15. The molecule has 66 valence electrons. The van der Waals surface area contributed by atoms with Crippen molar-refractivity contribution in [2.75, 3.05) is 6.61 Å². The van der Waals surface area contributed by atoms with E-state index in [1.54, 1.807) is 0 Å². The maximum Gasteiger partial charge on any atom is 0.0900 e. The molecule has 1 aliphatic heterocycles. The van der Waals surface area contributed by atoms with Crippen LogP contribution in [0.4, 0.5) is 0 Å². The highest BCUT2D eigenvalue weighted by Gasteiger charge is 2.39. The van der Waals surface area contributed by atoms with Gasteiger partial charge in [-0.05, 0) is 23.1 Å². The molecule has 1 aromatic rings. The van der Waals surface area contributed by atoms with Gasteiger partial charge in [-0.1, -0.05) is 30.8 Å². The first-order valence-corrected chi connectivity index (χ1v) is 4.77. The van der Waals surface area contributed by atoms with Gasteiger partial charge in [-0.2, -0.15) is 0 Å². The third-order valence-electron chi connectivity index (χ3n) is 3.15. The summed E-state index contributed by atoms with van der Waals surface area (Å²) in [5, 5.41) is 0. The van der Waals surface area contributed by atoms with E-state index < -0.39 is 0 Å². The van der Waals surface area contributed by atoms with Crippen molar-refractivity contribution in [2.45, 2.75) is 12.5 Å². The van der Waals surface area contributed by atoms with Gasteiger partial charge in [0.2, 0.25) is 0 Å². The van der Waals surface area contributed by atoms with Gasteiger partial charge in [0, 0.05) is 12.5 Å². The minimum atomic E-state index is 0.309. The van der Waals surface area contributed by atoms with E-state index in [0.717, 1.165) is 13.0 Å². The highest BCUT2D eigenvalue weighted by atomic mass is 16.5. The van der Waals surface area contributed by atoms with Crippen molar-refractivity contribution in [3.63, 3.8) is 0 Å². The van der Waals surface area contributed by atoms with Gasteiger partial charge in [0.25, 0.3) is 0 Å². The van der Waals surface area contributed by atoms with Crippen LogP contribution in [0.1, 0.15) is 23.7 Å². The molecule has 1 aliphatic carbocycles. The van der Waals surface area contributed by atoms with Crippen LogP contribution >= 0.6 is 0 Å². The van der Waals surface area contributed by atoms with Crippen molar-refractivity contribution in [3.8, 4) is 0 Å². The van der Waals surface area contributed by atoms with Crippen molar-refractivity contribution in [1.29, 1.82) is 0 Å². The summed E-state index contributed by atoms with van der Waals surface area (Å²) < 4.78 is 5.71. The average Bonchev–Trinajstić information content (AvgIpc) is 2.72. The molecule has 0 amide bonds. The Labute approximate surface area is 78.0 Å². The molecule has 1 heteroatoms. The molecule has 0 bridgehead atoms. The molecule has 0 unspecified atom stereocenters. The summed E-state index contributed by atoms with van der Waals surface area (Å²) in [5.74, 6) is 0.553. The SMILES string of the molecule is C=C1c2ccccc2[C@H]2OCC[C@@H]12. The van der Waals surface area contributed by atoms with E-state index in [1.165, 1.54) is 16.7 Å². The first-order valence-electron chi connectivity index (χ1n) is 4.77. The molecule has 0 radical (unpaired) electrons. The summed E-state index contributed by atoms with van der Waals surface area (Å²) in [6.45, 7) is 5.05. The second kappa shape index (κ2) is 2.46. The molecule has 0 saturated carbocycles. The number of fused-ring (bicyclic) bond motifs is 3. The molecule has 0 spiro atoms. The molecule has 1 aromatic carbocycles. The van der Waals surface area contributed by atoms with E-state index in [9.17, 15) is 0 Å². The Morgan fingerprint density at radius 3 is 3.08 bits per heavy atom. The monoisotopic (exact) mass is 172 g/mol. The number of hydrogen-bond donors (Lipinski definition) is 0. The standard InChI is InChI=1S/C12H12O/c1-8-9-4-2-3-5-11(9)12-10(8)6-7-13-12/h2-5,10,12H,1,6-7H2/t10-,12-/m0/s1. The van der Waals surface area contributed by atoms with Gasteiger partial charge in [-0.3, -0.25) is 0 Å². The summed E-state index contributed by atoms with van der Waals surface area (Å²) in [6, 6.07) is 8.47. The second-order valence-corrected chi connectivity index (χ2v) is 3.80. The van der Waals surface area contributed by atoms with E-state index in [4.69, 9.17) is 4.74 Å². The normalized spacial score (nSPS) is 30.3. The summed E-state index contributed by atoms with van der Waals surface area (Å²) in [6.07, 6.45) is 1.45. The number of hydrogen-bond acceptors (Lipinski definition) is 1. The zero-order valence-corrected chi connectivity index (χ0v) is 7.49. The van der Waals surface area contributed by atoms with Crippen LogP contribution in [0.5, 0.6) is 0 Å². The Kier molecular flexibility index (Phi) is 1.39. The van der Waals surface area contributed by atoms with Crippen molar-refractivity contribution in [3.05, 3.63) is 42.0 Å². The quantitative estimate of drug-likeness (QED) is 0.584. The van der Waals surface area contributed by atoms with Crippen LogP contribution in [0, 0.1) is 5.92 Å². The first-order chi connectivity index (χ1) is 6.38. The van der Waals surface area contributed by atoms with E-state index in [0.29, 0.717) is 12.0 Å². The second-order valence-electron chi connectivity index (χ2n) is 3.80. The Morgan fingerprint density at radius 2 is 2.15 bits per heavy atom. The van der Waals surface area contributed by atoms with Gasteiger partial charge in [-0.15, -0.1) is 0 Å². The van der Waals surface area contributed by atoms with Crippen LogP contribution in [0.15, 0.2) is 30.8 Å². The zero-order chi connectivity index (χ0) is 8.84. The van der Waals surface area contributed by atoms with Crippen LogP contribution in [0.3, 0.4) is 0 Å². The fourth-order valence-corrected chi connectivity index (χ4v) is 2.49. The van der Waals surface area contributed by atoms with Crippen LogP contribution in [0.2, 0.25) is 0 Å². The number of ether oxygens (including phenoxy) is 1. The van der Waals surface area contributed by atoms with Gasteiger partial charge in [-0.25, -0.2) is 0 Å². The van der Waals surface area contributed by atoms with Crippen LogP contribution in [-0.4, -0.2) is 6.61 Å². The number of benzene rings is 1. The minimum Gasteiger partial charge on any atom is -0.373 e. The van der Waals surface area contributed by atoms with Gasteiger partial charge >= 0.3 is 0 Å². The van der Waals surface area contributed by atoms with E-state index in [2.05, 4.69) is 30.8 Å². The molecular weight excluding hydrogens is 160 g/mol. The molecule has 3 rings (SSSR count). The predicted octanol–water partition coefficient (Wildman–Crippen LogP) is 2.79. The molecule has 2 aliphatic rings. The molecular formula is C12H12O. The highest BCUT2D eigenvalue weighted by molar-refractivity contribution is 5.74. The van der Waals surface area contributed by atoms with Crippen molar-refractivity contribution < 1.29 is 4.74 Å². The summed E-state index contributed by atoms with van der Waals surface area (Å²) in [4.78, 5) is 0. The molecule has 0 aromatic heterocycles. The molecule has 1 saturated heterocycles. The Balaban J connectivity index is 2.19. The zero-order valence-electron chi connectivity index (χ0n) is 7.49. The fourth-order valence-electron chi connectivity index (χ4n) is 2.49. The number of rotatable bonds is 0. The summed E-state index contributed by atoms with van der Waals surface area (Å²) >= 11 is 0. The molecule has 1 fully saturated rings. The Morgan fingerprint density at radius 1 is 1.31 bits per heavy atom. The van der Waals surface area contributed by atoms with Gasteiger partial charge in [0.05, 0.1) is 6.10 Å². The topological polar surface area (TPSA) is 9.23 Å². The lowest BCUT2D eigenvalue weighted by Gasteiger charge is -2.08. The van der Waals surface area contributed by atoms with Gasteiger partial charge in [0.1, 0.15) is 0 Å². The first kappa shape index (κ1) is 7.34. The van der Waals surface area contributed by atoms with E-state index >= 15 is 0 Å². The predicted molar refractivity (Wildman–Crippen MR) is 52.3 cm³/mol. The van der Waals surface area contributed by atoms with Gasteiger partial charge < -0.3 is 4.74 Å². The largest absolute Gasteiger partial charge is 0.373 e. The minimum absolute atomic E-state index is 0.309. The lowest BCUT2D eigenvalue weighted by atomic mass is 9.99. The molecule has 2 atom stereocenters. The molecule has 13 heavy (non-hydrogen) atoms. The highest BCUT2D eigenvalue weighted by Crippen LogP contribution is 2.50. The lowest BCUT2D eigenvalue weighted by Crippen LogP contribution is -1.98. The van der Waals surface area contributed by atoms with Gasteiger partial charge in [0.15, 0.2) is 0 Å². The smallest absolute Gasteiger partial charge is 0.0900 e. The van der Waals surface area contributed by atoms with Crippen molar-refractivity contribution >= 4 is 5.57 Å². The van der Waals surface area contributed by atoms with Crippen molar-refractivity contribution in [1.82, 2.24) is 0 Å². The maximum absolute atomic E-state index is 5.71.